The van der Waals surface area contributed by atoms with E-state index in [2.05, 4.69) is 26.2 Å². The van der Waals surface area contributed by atoms with Gasteiger partial charge in [0.15, 0.2) is 0 Å². The lowest BCUT2D eigenvalue weighted by atomic mass is 9.78. The van der Waals surface area contributed by atoms with Gasteiger partial charge in [-0.3, -0.25) is 0 Å². The summed E-state index contributed by atoms with van der Waals surface area (Å²) >= 11 is 0. The van der Waals surface area contributed by atoms with E-state index in [0.29, 0.717) is 0 Å². The molecule has 1 heteroatoms. The summed E-state index contributed by atoms with van der Waals surface area (Å²) in [5, 5.41) is 3.41. The minimum atomic E-state index is 0.803. The van der Waals surface area contributed by atoms with Gasteiger partial charge in [-0.25, -0.2) is 0 Å². The monoisotopic (exact) mass is 169 g/mol. The first-order valence-corrected chi connectivity index (χ1v) is 5.45. The second kappa shape index (κ2) is 4.86. The summed E-state index contributed by atoms with van der Waals surface area (Å²) in [6.45, 7) is 4.72. The molecule has 1 saturated carbocycles. The van der Waals surface area contributed by atoms with Crippen LogP contribution in [-0.4, -0.2) is 13.1 Å². The average Bonchev–Trinajstić information content (AvgIpc) is 2.17. The van der Waals surface area contributed by atoms with Gasteiger partial charge in [0.05, 0.1) is 0 Å². The molecule has 1 N–H and O–H groups in total. The third-order valence-corrected chi connectivity index (χ3v) is 3.57. The normalized spacial score (nSPS) is 33.2. The molecule has 0 aromatic carbocycles. The predicted octanol–water partition coefficient (Wildman–Crippen LogP) is 2.81. The van der Waals surface area contributed by atoms with E-state index in [-0.39, 0.29) is 0 Å². The standard InChI is InChI=1S/C11H23N/c1-4-9(2)10-6-5-7-11(8-10)12-3/h9-12H,4-8H2,1-3H3. The highest BCUT2D eigenvalue weighted by atomic mass is 14.9. The second-order valence-corrected chi connectivity index (χ2v) is 4.30. The molecule has 72 valence electrons. The maximum Gasteiger partial charge on any atom is 0.00668 e. The molecule has 0 radical (unpaired) electrons. The van der Waals surface area contributed by atoms with Crippen LogP contribution < -0.4 is 5.32 Å². The molecule has 1 nitrogen and oxygen atoms in total. The quantitative estimate of drug-likeness (QED) is 0.685. The predicted molar refractivity (Wildman–Crippen MR) is 54.3 cm³/mol. The van der Waals surface area contributed by atoms with Gasteiger partial charge in [-0.15, -0.1) is 0 Å². The van der Waals surface area contributed by atoms with Crippen molar-refractivity contribution in [1.29, 1.82) is 0 Å². The Morgan fingerprint density at radius 2 is 2.17 bits per heavy atom. The Bertz CT molecular complexity index is 120. The van der Waals surface area contributed by atoms with Gasteiger partial charge in [0.1, 0.15) is 0 Å². The van der Waals surface area contributed by atoms with E-state index < -0.39 is 0 Å². The molecular weight excluding hydrogens is 146 g/mol. The maximum atomic E-state index is 3.41. The van der Waals surface area contributed by atoms with Crippen molar-refractivity contribution in [3.05, 3.63) is 0 Å². The van der Waals surface area contributed by atoms with Crippen LogP contribution in [0.5, 0.6) is 0 Å². The molecule has 1 aliphatic rings. The smallest absolute Gasteiger partial charge is 0.00668 e. The molecule has 12 heavy (non-hydrogen) atoms. The number of rotatable bonds is 3. The minimum Gasteiger partial charge on any atom is -0.317 e. The maximum absolute atomic E-state index is 3.41. The highest BCUT2D eigenvalue weighted by Gasteiger charge is 2.23. The Morgan fingerprint density at radius 3 is 2.75 bits per heavy atom. The Labute approximate surface area is 76.9 Å². The molecule has 1 aliphatic carbocycles. The first-order chi connectivity index (χ1) is 5.77. The molecule has 3 unspecified atom stereocenters. The van der Waals surface area contributed by atoms with Crippen LogP contribution in [0, 0.1) is 11.8 Å². The van der Waals surface area contributed by atoms with Crippen LogP contribution in [0.3, 0.4) is 0 Å². The van der Waals surface area contributed by atoms with Gasteiger partial charge in [-0.05, 0) is 31.7 Å². The van der Waals surface area contributed by atoms with E-state index >= 15 is 0 Å². The van der Waals surface area contributed by atoms with E-state index in [4.69, 9.17) is 0 Å². The molecule has 0 saturated heterocycles. The van der Waals surface area contributed by atoms with E-state index in [1.54, 1.807) is 0 Å². The number of nitrogens with one attached hydrogen (secondary N) is 1. The molecule has 0 bridgehead atoms. The van der Waals surface area contributed by atoms with Crippen molar-refractivity contribution in [3.63, 3.8) is 0 Å². The summed E-state index contributed by atoms with van der Waals surface area (Å²) in [7, 11) is 2.10. The largest absolute Gasteiger partial charge is 0.317 e. The van der Waals surface area contributed by atoms with Crippen molar-refractivity contribution in [3.8, 4) is 0 Å². The zero-order valence-electron chi connectivity index (χ0n) is 8.77. The fourth-order valence-corrected chi connectivity index (χ4v) is 2.34. The summed E-state index contributed by atoms with van der Waals surface area (Å²) in [5.74, 6) is 1.92. The van der Waals surface area contributed by atoms with Gasteiger partial charge < -0.3 is 5.32 Å². The molecule has 0 aromatic heterocycles. The van der Waals surface area contributed by atoms with Crippen molar-refractivity contribution < 1.29 is 0 Å². The summed E-state index contributed by atoms with van der Waals surface area (Å²) in [4.78, 5) is 0. The number of hydrogen-bond acceptors (Lipinski definition) is 1. The van der Waals surface area contributed by atoms with Crippen molar-refractivity contribution >= 4 is 0 Å². The van der Waals surface area contributed by atoms with Crippen LogP contribution in [0.4, 0.5) is 0 Å². The first kappa shape index (κ1) is 10.0. The molecule has 0 aromatic rings. The Morgan fingerprint density at radius 1 is 1.42 bits per heavy atom. The summed E-state index contributed by atoms with van der Waals surface area (Å²) in [6.07, 6.45) is 7.05. The zero-order chi connectivity index (χ0) is 8.97. The molecule has 0 aliphatic heterocycles. The Kier molecular flexibility index (Phi) is 4.07. The van der Waals surface area contributed by atoms with Crippen LogP contribution >= 0.6 is 0 Å². The van der Waals surface area contributed by atoms with Gasteiger partial charge in [0.25, 0.3) is 0 Å². The summed E-state index contributed by atoms with van der Waals surface area (Å²) < 4.78 is 0. The fourth-order valence-electron chi connectivity index (χ4n) is 2.34. The Balaban J connectivity index is 2.34. The van der Waals surface area contributed by atoms with Crippen LogP contribution in [0.15, 0.2) is 0 Å². The molecule has 0 amide bonds. The number of hydrogen-bond donors (Lipinski definition) is 1. The summed E-state index contributed by atoms with van der Waals surface area (Å²) in [5.41, 5.74) is 0. The van der Waals surface area contributed by atoms with Gasteiger partial charge >= 0.3 is 0 Å². The van der Waals surface area contributed by atoms with Gasteiger partial charge in [-0.1, -0.05) is 33.1 Å². The van der Waals surface area contributed by atoms with Gasteiger partial charge in [-0.2, -0.15) is 0 Å². The molecule has 1 fully saturated rings. The van der Waals surface area contributed by atoms with Gasteiger partial charge in [0, 0.05) is 6.04 Å². The lowest BCUT2D eigenvalue weighted by molar-refractivity contribution is 0.222. The second-order valence-electron chi connectivity index (χ2n) is 4.30. The van der Waals surface area contributed by atoms with Crippen LogP contribution in [0.25, 0.3) is 0 Å². The van der Waals surface area contributed by atoms with E-state index in [9.17, 15) is 0 Å². The highest BCUT2D eigenvalue weighted by molar-refractivity contribution is 4.79. The highest BCUT2D eigenvalue weighted by Crippen LogP contribution is 2.31. The molecular formula is C11H23N. The van der Waals surface area contributed by atoms with Gasteiger partial charge in [0.2, 0.25) is 0 Å². The zero-order valence-corrected chi connectivity index (χ0v) is 8.77. The lowest BCUT2D eigenvalue weighted by Gasteiger charge is -2.32. The molecule has 0 spiro atoms. The van der Waals surface area contributed by atoms with Crippen molar-refractivity contribution in [2.24, 2.45) is 11.8 Å². The first-order valence-electron chi connectivity index (χ1n) is 5.45. The lowest BCUT2D eigenvalue weighted by Crippen LogP contribution is -2.33. The van der Waals surface area contributed by atoms with E-state index in [0.717, 1.165) is 17.9 Å². The third kappa shape index (κ3) is 2.48. The van der Waals surface area contributed by atoms with Crippen molar-refractivity contribution in [1.82, 2.24) is 5.32 Å². The average molecular weight is 169 g/mol. The van der Waals surface area contributed by atoms with E-state index in [1.807, 2.05) is 0 Å². The van der Waals surface area contributed by atoms with Crippen molar-refractivity contribution in [2.45, 2.75) is 52.0 Å². The topological polar surface area (TPSA) is 12.0 Å². The van der Waals surface area contributed by atoms with Crippen LogP contribution in [0.1, 0.15) is 46.0 Å². The SMILES string of the molecule is CCC(C)C1CCCC(NC)C1. The van der Waals surface area contributed by atoms with Crippen LogP contribution in [0.2, 0.25) is 0 Å². The molecule has 1 rings (SSSR count). The minimum absolute atomic E-state index is 0.803. The fraction of sp³-hybridized carbons (Fsp3) is 1.00. The Hall–Kier alpha value is -0.0400. The third-order valence-electron chi connectivity index (χ3n) is 3.57. The van der Waals surface area contributed by atoms with Crippen LogP contribution in [-0.2, 0) is 0 Å². The summed E-state index contributed by atoms with van der Waals surface area (Å²) in [6, 6.07) is 0.803. The van der Waals surface area contributed by atoms with E-state index in [1.165, 1.54) is 32.1 Å². The molecule has 0 heterocycles. The molecule has 3 atom stereocenters. The van der Waals surface area contributed by atoms with Crippen molar-refractivity contribution in [2.75, 3.05) is 7.05 Å².